The number of urea groups is 1. The number of anilines is 1. The number of amides is 3. The number of carbonyl (C=O) groups excluding carboxylic acids is 2. The molecule has 2 saturated heterocycles. The van der Waals surface area contributed by atoms with E-state index in [1.807, 2.05) is 31.2 Å². The minimum absolute atomic E-state index is 0.0494. The third-order valence-electron chi connectivity index (χ3n) is 7.17. The standard InChI is InChI=1S/C27H26ClFN4O2/c1-18(19-7-9-22(29)10-8-19)31-26(35)32-14-11-27(12-15-32)24(20-4-3-13-30-17-20)33(25(27)34)23-6-2-5-21(28)16-23/h2-10,13,16-18,24H,11-12,14-15H2,1H3,(H,31,35)/t18-,24?/m0/s1. The SMILES string of the molecule is C[C@H](NC(=O)N1CCC2(CC1)C(=O)N(c1cccc(Cl)c1)C2c1cccnc1)c1ccc(F)cc1. The van der Waals surface area contributed by atoms with E-state index in [0.717, 1.165) is 16.8 Å². The second-order valence-electron chi connectivity index (χ2n) is 9.21. The van der Waals surface area contributed by atoms with E-state index in [1.54, 1.807) is 46.5 Å². The molecule has 2 atom stereocenters. The molecule has 3 heterocycles. The molecule has 2 aliphatic rings. The first-order chi connectivity index (χ1) is 16.9. The lowest BCUT2D eigenvalue weighted by Gasteiger charge is -2.58. The van der Waals surface area contributed by atoms with Crippen LogP contribution in [0.4, 0.5) is 14.9 Å². The molecule has 180 valence electrons. The monoisotopic (exact) mass is 492 g/mol. The number of piperidine rings is 1. The molecule has 0 radical (unpaired) electrons. The Hall–Kier alpha value is -3.45. The van der Waals surface area contributed by atoms with Gasteiger partial charge in [-0.25, -0.2) is 9.18 Å². The number of carbonyl (C=O) groups is 2. The highest BCUT2D eigenvalue weighted by Gasteiger charge is 2.62. The summed E-state index contributed by atoms with van der Waals surface area (Å²) in [5, 5.41) is 3.56. The van der Waals surface area contributed by atoms with Crippen LogP contribution in [-0.2, 0) is 4.79 Å². The van der Waals surface area contributed by atoms with Crippen molar-refractivity contribution in [3.8, 4) is 0 Å². The van der Waals surface area contributed by atoms with Crippen LogP contribution < -0.4 is 10.2 Å². The Morgan fingerprint density at radius 1 is 1.14 bits per heavy atom. The predicted octanol–water partition coefficient (Wildman–Crippen LogP) is 5.52. The van der Waals surface area contributed by atoms with E-state index in [1.165, 1.54) is 12.1 Å². The van der Waals surface area contributed by atoms with Crippen molar-refractivity contribution >= 4 is 29.2 Å². The Kier molecular flexibility index (Phi) is 6.19. The summed E-state index contributed by atoms with van der Waals surface area (Å²) in [6.45, 7) is 2.80. The van der Waals surface area contributed by atoms with E-state index < -0.39 is 5.41 Å². The van der Waals surface area contributed by atoms with Gasteiger partial charge < -0.3 is 15.1 Å². The first kappa shape index (κ1) is 23.3. The molecule has 5 rings (SSSR count). The summed E-state index contributed by atoms with van der Waals surface area (Å²) < 4.78 is 13.2. The zero-order valence-corrected chi connectivity index (χ0v) is 20.1. The van der Waals surface area contributed by atoms with E-state index in [9.17, 15) is 14.0 Å². The fourth-order valence-electron chi connectivity index (χ4n) is 5.26. The number of nitrogens with zero attached hydrogens (tertiary/aromatic N) is 3. The molecular weight excluding hydrogens is 467 g/mol. The zero-order valence-electron chi connectivity index (χ0n) is 19.3. The molecule has 1 unspecified atom stereocenters. The molecule has 0 aliphatic carbocycles. The summed E-state index contributed by atoms with van der Waals surface area (Å²) in [6, 6.07) is 16.7. The molecule has 1 aromatic heterocycles. The van der Waals surface area contributed by atoms with Crippen molar-refractivity contribution in [3.63, 3.8) is 0 Å². The van der Waals surface area contributed by atoms with E-state index in [2.05, 4.69) is 10.3 Å². The minimum Gasteiger partial charge on any atom is -0.331 e. The summed E-state index contributed by atoms with van der Waals surface area (Å²) in [5.41, 5.74) is 1.96. The number of halogens is 2. The second-order valence-corrected chi connectivity index (χ2v) is 9.65. The highest BCUT2D eigenvalue weighted by Crippen LogP contribution is 2.57. The number of nitrogens with one attached hydrogen (secondary N) is 1. The second kappa shape index (κ2) is 9.30. The van der Waals surface area contributed by atoms with Gasteiger partial charge in [-0.3, -0.25) is 9.78 Å². The molecule has 0 bridgehead atoms. The smallest absolute Gasteiger partial charge is 0.317 e. The Morgan fingerprint density at radius 3 is 2.54 bits per heavy atom. The van der Waals surface area contributed by atoms with Gasteiger partial charge in [0.25, 0.3) is 0 Å². The number of β-lactam (4-membered cyclic amide) rings is 1. The number of pyridine rings is 1. The third kappa shape index (κ3) is 4.25. The van der Waals surface area contributed by atoms with Crippen LogP contribution >= 0.6 is 11.6 Å². The van der Waals surface area contributed by atoms with Crippen LogP contribution in [0.1, 0.15) is 43.0 Å². The lowest BCUT2D eigenvalue weighted by Crippen LogP contribution is -2.67. The molecule has 1 spiro atoms. The van der Waals surface area contributed by atoms with Gasteiger partial charge in [0.15, 0.2) is 0 Å². The van der Waals surface area contributed by atoms with Crippen molar-refractivity contribution in [1.29, 1.82) is 0 Å². The van der Waals surface area contributed by atoms with Gasteiger partial charge >= 0.3 is 6.03 Å². The van der Waals surface area contributed by atoms with Crippen molar-refractivity contribution in [2.75, 3.05) is 18.0 Å². The van der Waals surface area contributed by atoms with Crippen LogP contribution in [0.2, 0.25) is 5.02 Å². The summed E-state index contributed by atoms with van der Waals surface area (Å²) in [7, 11) is 0. The summed E-state index contributed by atoms with van der Waals surface area (Å²) in [6.07, 6.45) is 4.64. The molecule has 35 heavy (non-hydrogen) atoms. The molecule has 6 nitrogen and oxygen atoms in total. The van der Waals surface area contributed by atoms with Crippen molar-refractivity contribution in [3.05, 3.63) is 95.0 Å². The number of benzene rings is 2. The molecule has 2 fully saturated rings. The zero-order chi connectivity index (χ0) is 24.6. The number of likely N-dealkylation sites (tertiary alicyclic amines) is 1. The van der Waals surface area contributed by atoms with Gasteiger partial charge in [0.2, 0.25) is 5.91 Å². The molecule has 2 aliphatic heterocycles. The lowest BCUT2D eigenvalue weighted by molar-refractivity contribution is -0.144. The maximum atomic E-state index is 13.6. The average molecular weight is 493 g/mol. The summed E-state index contributed by atoms with van der Waals surface area (Å²) >= 11 is 6.22. The summed E-state index contributed by atoms with van der Waals surface area (Å²) in [5.74, 6) is -0.262. The van der Waals surface area contributed by atoms with Crippen LogP contribution in [0, 0.1) is 11.2 Å². The quantitative estimate of drug-likeness (QED) is 0.488. The molecule has 0 saturated carbocycles. The largest absolute Gasteiger partial charge is 0.331 e. The van der Waals surface area contributed by atoms with E-state index in [-0.39, 0.29) is 29.8 Å². The normalized spacial score (nSPS) is 19.9. The molecular formula is C27H26ClFN4O2. The first-order valence-corrected chi connectivity index (χ1v) is 12.1. The van der Waals surface area contributed by atoms with Crippen LogP contribution in [-0.4, -0.2) is 34.9 Å². The molecule has 2 aromatic carbocycles. The van der Waals surface area contributed by atoms with Gasteiger partial charge in [0, 0.05) is 36.2 Å². The number of aromatic nitrogens is 1. The first-order valence-electron chi connectivity index (χ1n) is 11.7. The van der Waals surface area contributed by atoms with Crippen LogP contribution in [0.3, 0.4) is 0 Å². The van der Waals surface area contributed by atoms with E-state index in [4.69, 9.17) is 11.6 Å². The maximum Gasteiger partial charge on any atom is 0.317 e. The molecule has 1 N–H and O–H groups in total. The maximum absolute atomic E-state index is 13.6. The van der Waals surface area contributed by atoms with Gasteiger partial charge in [-0.1, -0.05) is 35.9 Å². The van der Waals surface area contributed by atoms with Crippen molar-refractivity contribution in [2.24, 2.45) is 5.41 Å². The minimum atomic E-state index is -0.593. The molecule has 3 amide bonds. The molecule has 3 aromatic rings. The van der Waals surface area contributed by atoms with Crippen molar-refractivity contribution in [1.82, 2.24) is 15.2 Å². The fourth-order valence-corrected chi connectivity index (χ4v) is 5.45. The topological polar surface area (TPSA) is 65.5 Å². The predicted molar refractivity (Wildman–Crippen MR) is 133 cm³/mol. The van der Waals surface area contributed by atoms with Gasteiger partial charge in [0.1, 0.15) is 5.82 Å². The highest BCUT2D eigenvalue weighted by molar-refractivity contribution is 6.31. The van der Waals surface area contributed by atoms with Gasteiger partial charge in [-0.15, -0.1) is 0 Å². The average Bonchev–Trinajstić information content (AvgIpc) is 2.87. The van der Waals surface area contributed by atoms with Crippen LogP contribution in [0.25, 0.3) is 0 Å². The van der Waals surface area contributed by atoms with Crippen molar-refractivity contribution < 1.29 is 14.0 Å². The Bertz CT molecular complexity index is 1230. The van der Waals surface area contributed by atoms with Crippen molar-refractivity contribution in [2.45, 2.75) is 31.8 Å². The van der Waals surface area contributed by atoms with Gasteiger partial charge in [0.05, 0.1) is 17.5 Å². The van der Waals surface area contributed by atoms with Crippen LogP contribution in [0.15, 0.2) is 73.1 Å². The van der Waals surface area contributed by atoms with Gasteiger partial charge in [-0.05, 0) is 67.3 Å². The Labute approximate surface area is 208 Å². The highest BCUT2D eigenvalue weighted by atomic mass is 35.5. The Balaban J connectivity index is 1.32. The lowest BCUT2D eigenvalue weighted by atomic mass is 9.62. The molecule has 8 heteroatoms. The third-order valence-corrected chi connectivity index (χ3v) is 7.40. The fraction of sp³-hybridized carbons (Fsp3) is 0.296. The van der Waals surface area contributed by atoms with E-state index >= 15 is 0 Å². The van der Waals surface area contributed by atoms with E-state index in [0.29, 0.717) is 31.0 Å². The Morgan fingerprint density at radius 2 is 1.89 bits per heavy atom. The number of hydrogen-bond donors (Lipinski definition) is 1. The van der Waals surface area contributed by atoms with Gasteiger partial charge in [-0.2, -0.15) is 0 Å². The number of rotatable bonds is 4. The van der Waals surface area contributed by atoms with Crippen LogP contribution in [0.5, 0.6) is 0 Å². The number of hydrogen-bond acceptors (Lipinski definition) is 3. The summed E-state index contributed by atoms with van der Waals surface area (Å²) in [4.78, 5) is 34.4.